The van der Waals surface area contributed by atoms with Crippen LogP contribution in [0.15, 0.2) is 54.6 Å². The number of likely N-dealkylation sites (tertiary alicyclic amines) is 1. The minimum absolute atomic E-state index is 0.146. The lowest BCUT2D eigenvalue weighted by atomic mass is 9.90. The van der Waals surface area contributed by atoms with Gasteiger partial charge in [-0.15, -0.1) is 0 Å². The number of carbonyl (C=O) groups excluding carboxylic acids is 2. The van der Waals surface area contributed by atoms with E-state index in [9.17, 15) is 14.4 Å². The fourth-order valence-electron chi connectivity index (χ4n) is 3.20. The summed E-state index contributed by atoms with van der Waals surface area (Å²) in [7, 11) is 0. The quantitative estimate of drug-likeness (QED) is 0.734. The first-order valence-corrected chi connectivity index (χ1v) is 9.54. The second-order valence-electron chi connectivity index (χ2n) is 7.03. The van der Waals surface area contributed by atoms with Crippen molar-refractivity contribution < 1.29 is 19.5 Å². The van der Waals surface area contributed by atoms with Gasteiger partial charge in [-0.2, -0.15) is 0 Å². The molecule has 0 aromatic heterocycles. The van der Waals surface area contributed by atoms with Crippen LogP contribution in [0, 0.1) is 5.92 Å². The van der Waals surface area contributed by atoms with Crippen LogP contribution in [0.2, 0.25) is 0 Å². The van der Waals surface area contributed by atoms with Gasteiger partial charge in [-0.1, -0.05) is 30.3 Å². The number of hydrogen-bond donors (Lipinski definition) is 3. The van der Waals surface area contributed by atoms with Crippen molar-refractivity contribution in [2.45, 2.75) is 26.2 Å². The maximum atomic E-state index is 10.7. The van der Waals surface area contributed by atoms with Gasteiger partial charge in [0.25, 0.3) is 0 Å². The standard InChI is InChI=1S/C13H17NO2.C9H10N2O2/c15-13(16)14-8-6-12(7-9-14)10-11-4-2-1-3-5-11;1-6(12)11-8-4-2-7(3-5-8)9(10)13/h1-5,12H,6-10H2,(H,15,16);2-5H,1H3,(H2,10,13)(H,11,12). The number of nitrogens with zero attached hydrogens (tertiary/aromatic N) is 1. The lowest BCUT2D eigenvalue weighted by molar-refractivity contribution is -0.114. The van der Waals surface area contributed by atoms with Crippen LogP contribution in [0.5, 0.6) is 0 Å². The van der Waals surface area contributed by atoms with Gasteiger partial charge < -0.3 is 21.1 Å². The van der Waals surface area contributed by atoms with Crippen LogP contribution in [0.4, 0.5) is 10.5 Å². The summed E-state index contributed by atoms with van der Waals surface area (Å²) in [5, 5.41) is 11.4. The maximum Gasteiger partial charge on any atom is 0.407 e. The third-order valence-electron chi connectivity index (χ3n) is 4.74. The van der Waals surface area contributed by atoms with Crippen molar-refractivity contribution in [1.82, 2.24) is 4.90 Å². The highest BCUT2D eigenvalue weighted by Crippen LogP contribution is 2.21. The molecule has 154 valence electrons. The Hall–Kier alpha value is -3.35. The molecular weight excluding hydrogens is 370 g/mol. The molecule has 7 heteroatoms. The highest BCUT2D eigenvalue weighted by molar-refractivity contribution is 5.94. The van der Waals surface area contributed by atoms with Gasteiger partial charge >= 0.3 is 6.09 Å². The van der Waals surface area contributed by atoms with E-state index in [0.29, 0.717) is 30.3 Å². The molecule has 0 aliphatic carbocycles. The molecule has 2 aromatic carbocycles. The smallest absolute Gasteiger partial charge is 0.407 e. The SMILES string of the molecule is CC(=O)Nc1ccc(C(N)=O)cc1.O=C(O)N1CCC(Cc2ccccc2)CC1. The minimum atomic E-state index is -0.779. The van der Waals surface area contributed by atoms with Gasteiger partial charge in [0.15, 0.2) is 0 Å². The zero-order valence-corrected chi connectivity index (χ0v) is 16.5. The van der Waals surface area contributed by atoms with E-state index in [1.165, 1.54) is 17.4 Å². The zero-order chi connectivity index (χ0) is 21.2. The van der Waals surface area contributed by atoms with E-state index in [1.54, 1.807) is 24.3 Å². The molecule has 1 aliphatic heterocycles. The first kappa shape index (κ1) is 21.9. The number of primary amides is 1. The van der Waals surface area contributed by atoms with Gasteiger partial charge in [-0.25, -0.2) is 4.79 Å². The summed E-state index contributed by atoms with van der Waals surface area (Å²) in [4.78, 5) is 33.6. The number of anilines is 1. The number of hydrogen-bond acceptors (Lipinski definition) is 3. The lowest BCUT2D eigenvalue weighted by Gasteiger charge is -2.29. The largest absolute Gasteiger partial charge is 0.465 e. The summed E-state index contributed by atoms with van der Waals surface area (Å²) in [6.45, 7) is 2.79. The molecule has 1 heterocycles. The molecule has 0 atom stereocenters. The van der Waals surface area contributed by atoms with Crippen molar-refractivity contribution in [3.63, 3.8) is 0 Å². The molecule has 4 N–H and O–H groups in total. The fourth-order valence-corrected chi connectivity index (χ4v) is 3.20. The second kappa shape index (κ2) is 10.8. The predicted molar refractivity (Wildman–Crippen MR) is 112 cm³/mol. The van der Waals surface area contributed by atoms with E-state index in [0.717, 1.165) is 19.3 Å². The Balaban J connectivity index is 0.000000212. The Bertz CT molecular complexity index is 814. The Morgan fingerprint density at radius 1 is 1.03 bits per heavy atom. The fraction of sp³-hybridized carbons (Fsp3) is 0.318. The molecule has 0 bridgehead atoms. The summed E-state index contributed by atoms with van der Waals surface area (Å²) >= 11 is 0. The van der Waals surface area contributed by atoms with Crippen LogP contribution in [-0.2, 0) is 11.2 Å². The van der Waals surface area contributed by atoms with E-state index in [4.69, 9.17) is 10.8 Å². The van der Waals surface area contributed by atoms with Gasteiger partial charge in [0.2, 0.25) is 11.8 Å². The van der Waals surface area contributed by atoms with Crippen LogP contribution in [0.1, 0.15) is 35.7 Å². The van der Waals surface area contributed by atoms with E-state index < -0.39 is 12.0 Å². The molecule has 1 fully saturated rings. The summed E-state index contributed by atoms with van der Waals surface area (Å²) in [6.07, 6.45) is 2.27. The van der Waals surface area contributed by atoms with E-state index >= 15 is 0 Å². The highest BCUT2D eigenvalue weighted by atomic mass is 16.4. The molecule has 0 saturated carbocycles. The number of rotatable bonds is 4. The molecule has 1 saturated heterocycles. The first-order chi connectivity index (χ1) is 13.8. The molecule has 0 spiro atoms. The number of benzene rings is 2. The van der Waals surface area contributed by atoms with Crippen LogP contribution in [-0.4, -0.2) is 41.0 Å². The van der Waals surface area contributed by atoms with Gasteiger partial charge in [-0.05, 0) is 55.0 Å². The number of amides is 3. The van der Waals surface area contributed by atoms with Gasteiger partial charge in [-0.3, -0.25) is 9.59 Å². The highest BCUT2D eigenvalue weighted by Gasteiger charge is 2.22. The first-order valence-electron chi connectivity index (χ1n) is 9.54. The normalized spacial score (nSPS) is 13.8. The van der Waals surface area contributed by atoms with Crippen molar-refractivity contribution in [3.8, 4) is 0 Å². The van der Waals surface area contributed by atoms with Crippen LogP contribution >= 0.6 is 0 Å². The number of carbonyl (C=O) groups is 3. The summed E-state index contributed by atoms with van der Waals surface area (Å²) in [5.74, 6) is 0.0131. The molecule has 2 aromatic rings. The Labute approximate surface area is 170 Å². The number of nitrogens with two attached hydrogens (primary N) is 1. The topological polar surface area (TPSA) is 113 Å². The Morgan fingerprint density at radius 3 is 2.10 bits per heavy atom. The molecule has 7 nitrogen and oxygen atoms in total. The molecule has 1 aliphatic rings. The van der Waals surface area contributed by atoms with Crippen LogP contribution < -0.4 is 11.1 Å². The second-order valence-corrected chi connectivity index (χ2v) is 7.03. The number of piperidine rings is 1. The van der Waals surface area contributed by atoms with Crippen molar-refractivity contribution in [2.75, 3.05) is 18.4 Å². The summed E-state index contributed by atoms with van der Waals surface area (Å²) < 4.78 is 0. The van der Waals surface area contributed by atoms with Crippen molar-refractivity contribution in [3.05, 3.63) is 65.7 Å². The van der Waals surface area contributed by atoms with Gasteiger partial charge in [0, 0.05) is 31.3 Å². The van der Waals surface area contributed by atoms with Crippen molar-refractivity contribution in [2.24, 2.45) is 11.7 Å². The van der Waals surface area contributed by atoms with Crippen LogP contribution in [0.25, 0.3) is 0 Å². The molecule has 29 heavy (non-hydrogen) atoms. The molecule has 3 rings (SSSR count). The van der Waals surface area contributed by atoms with Crippen molar-refractivity contribution >= 4 is 23.6 Å². The lowest BCUT2D eigenvalue weighted by Crippen LogP contribution is -2.37. The van der Waals surface area contributed by atoms with Crippen molar-refractivity contribution in [1.29, 1.82) is 0 Å². The number of carboxylic acid groups (broad SMARTS) is 1. The summed E-state index contributed by atoms with van der Waals surface area (Å²) in [6, 6.07) is 16.8. The van der Waals surface area contributed by atoms with Gasteiger partial charge in [0.05, 0.1) is 0 Å². The monoisotopic (exact) mass is 397 g/mol. The molecule has 0 radical (unpaired) electrons. The zero-order valence-electron chi connectivity index (χ0n) is 16.5. The third kappa shape index (κ3) is 7.65. The average Bonchev–Trinajstić information content (AvgIpc) is 2.70. The van der Waals surface area contributed by atoms with Gasteiger partial charge in [0.1, 0.15) is 0 Å². The predicted octanol–water partition coefficient (Wildman–Crippen LogP) is 3.36. The number of nitrogens with one attached hydrogen (secondary N) is 1. The van der Waals surface area contributed by atoms with E-state index in [-0.39, 0.29) is 5.91 Å². The Kier molecular flexibility index (Phi) is 8.21. The Morgan fingerprint density at radius 2 is 1.62 bits per heavy atom. The average molecular weight is 397 g/mol. The maximum absolute atomic E-state index is 10.7. The van der Waals surface area contributed by atoms with Crippen LogP contribution in [0.3, 0.4) is 0 Å². The molecule has 3 amide bonds. The third-order valence-corrected chi connectivity index (χ3v) is 4.74. The molecular formula is C22H27N3O4. The summed E-state index contributed by atoms with van der Waals surface area (Å²) in [5.41, 5.74) is 7.47. The van der Waals surface area contributed by atoms with E-state index in [2.05, 4.69) is 29.6 Å². The minimum Gasteiger partial charge on any atom is -0.465 e. The van der Waals surface area contributed by atoms with E-state index in [1.807, 2.05) is 6.07 Å². The molecule has 0 unspecified atom stereocenters.